The van der Waals surface area contributed by atoms with Crippen molar-refractivity contribution in [3.63, 3.8) is 0 Å². The molecule has 0 fully saturated rings. The molecule has 20 heavy (non-hydrogen) atoms. The summed E-state index contributed by atoms with van der Waals surface area (Å²) in [4.78, 5) is 4.18. The van der Waals surface area contributed by atoms with Crippen molar-refractivity contribution in [3.05, 3.63) is 40.9 Å². The first-order valence-electron chi connectivity index (χ1n) is 6.36. The van der Waals surface area contributed by atoms with Gasteiger partial charge in [-0.1, -0.05) is 6.08 Å². The monoisotopic (exact) mass is 362 g/mol. The molecule has 0 saturated heterocycles. The van der Waals surface area contributed by atoms with E-state index in [-0.39, 0.29) is 11.7 Å². The highest BCUT2D eigenvalue weighted by Crippen LogP contribution is 2.35. The van der Waals surface area contributed by atoms with E-state index >= 15 is 0 Å². The van der Waals surface area contributed by atoms with E-state index in [9.17, 15) is 8.60 Å². The fourth-order valence-corrected chi connectivity index (χ4v) is 3.07. The Balaban J connectivity index is 3.05. The van der Waals surface area contributed by atoms with Crippen LogP contribution in [0.1, 0.15) is 44.7 Å². The van der Waals surface area contributed by atoms with Crippen LogP contribution in [0.5, 0.6) is 0 Å². The Kier molecular flexibility index (Phi) is 6.48. The average molecular weight is 363 g/mol. The van der Waals surface area contributed by atoms with Crippen LogP contribution in [0, 0.1) is 5.82 Å². The van der Waals surface area contributed by atoms with Crippen LogP contribution in [-0.4, -0.2) is 13.9 Å². The largest absolute Gasteiger partial charge is 0.257 e. The van der Waals surface area contributed by atoms with Crippen LogP contribution < -0.4 is 5.14 Å². The van der Waals surface area contributed by atoms with Crippen molar-refractivity contribution in [2.45, 2.75) is 43.8 Å². The Morgan fingerprint density at radius 2 is 2.30 bits per heavy atom. The second-order valence-electron chi connectivity index (χ2n) is 5.34. The highest BCUT2D eigenvalue weighted by molar-refractivity contribution is 9.10. The molecule has 0 aromatic carbocycles. The molecule has 0 radical (unpaired) electrons. The summed E-state index contributed by atoms with van der Waals surface area (Å²) in [6.07, 6.45) is 5.26. The maximum absolute atomic E-state index is 13.2. The van der Waals surface area contributed by atoms with Gasteiger partial charge in [0.2, 0.25) is 0 Å². The standard InChI is InChI=1S/C14H20BrFN2OS/c1-4-5-6-10(8-14(2,3)20(17)19)13-12(15)7-11(16)9-18-13/h4,7,9-10H,1,5-6,8,17H2,2-3H3/t10-,20?/m1/s1. The van der Waals surface area contributed by atoms with Crippen molar-refractivity contribution in [2.24, 2.45) is 5.14 Å². The molecular formula is C14H20BrFN2OS. The lowest BCUT2D eigenvalue weighted by molar-refractivity contribution is 0.485. The maximum atomic E-state index is 13.2. The molecule has 0 aliphatic carbocycles. The number of pyridine rings is 1. The Bertz CT molecular complexity index is 508. The number of nitrogens with zero attached hydrogens (tertiary/aromatic N) is 1. The average Bonchev–Trinajstić information content (AvgIpc) is 2.34. The Hall–Kier alpha value is -0.590. The molecule has 1 heterocycles. The first-order chi connectivity index (χ1) is 9.27. The van der Waals surface area contributed by atoms with Gasteiger partial charge >= 0.3 is 0 Å². The smallest absolute Gasteiger partial charge is 0.142 e. The zero-order valence-corrected chi connectivity index (χ0v) is 14.1. The van der Waals surface area contributed by atoms with E-state index in [0.717, 1.165) is 18.5 Å². The van der Waals surface area contributed by atoms with Gasteiger partial charge in [-0.05, 0) is 55.1 Å². The second-order valence-corrected chi connectivity index (χ2v) is 7.90. The first kappa shape index (κ1) is 17.5. The van der Waals surface area contributed by atoms with Crippen LogP contribution >= 0.6 is 15.9 Å². The van der Waals surface area contributed by atoms with Crippen LogP contribution in [0.4, 0.5) is 4.39 Å². The van der Waals surface area contributed by atoms with Gasteiger partial charge in [-0.2, -0.15) is 0 Å². The number of aromatic nitrogens is 1. The molecule has 0 saturated carbocycles. The number of rotatable bonds is 7. The number of allylic oxidation sites excluding steroid dienone is 1. The molecule has 0 amide bonds. The van der Waals surface area contributed by atoms with Crippen LogP contribution in [0.3, 0.4) is 0 Å². The highest BCUT2D eigenvalue weighted by atomic mass is 79.9. The molecule has 0 spiro atoms. The Morgan fingerprint density at radius 1 is 1.65 bits per heavy atom. The van der Waals surface area contributed by atoms with Gasteiger partial charge in [-0.15, -0.1) is 6.58 Å². The van der Waals surface area contributed by atoms with Crippen LogP contribution in [0.15, 0.2) is 29.4 Å². The lowest BCUT2D eigenvalue weighted by Gasteiger charge is -2.27. The number of hydrogen-bond acceptors (Lipinski definition) is 2. The van der Waals surface area contributed by atoms with E-state index in [1.54, 1.807) is 0 Å². The van der Waals surface area contributed by atoms with E-state index in [2.05, 4.69) is 27.5 Å². The first-order valence-corrected chi connectivity index (χ1v) is 8.36. The van der Waals surface area contributed by atoms with Gasteiger partial charge in [0, 0.05) is 10.4 Å². The minimum absolute atomic E-state index is 0.0467. The normalized spacial score (nSPS) is 14.8. The summed E-state index contributed by atoms with van der Waals surface area (Å²) in [6, 6.07) is 1.40. The molecule has 0 aliphatic heterocycles. The van der Waals surface area contributed by atoms with Crippen LogP contribution in [0.25, 0.3) is 0 Å². The van der Waals surface area contributed by atoms with E-state index in [4.69, 9.17) is 5.14 Å². The molecular weight excluding hydrogens is 343 g/mol. The summed E-state index contributed by atoms with van der Waals surface area (Å²) in [5, 5.41) is 5.55. The molecule has 2 N–H and O–H groups in total. The predicted molar refractivity (Wildman–Crippen MR) is 85.1 cm³/mol. The summed E-state index contributed by atoms with van der Waals surface area (Å²) in [5.74, 6) is -0.338. The van der Waals surface area contributed by atoms with Crippen molar-refractivity contribution in [1.29, 1.82) is 0 Å². The SMILES string of the molecule is C=CCC[C@H](CC(C)(C)S(N)=O)c1ncc(F)cc1Br. The summed E-state index contributed by atoms with van der Waals surface area (Å²) in [7, 11) is -1.43. The quantitative estimate of drug-likeness (QED) is 0.749. The maximum Gasteiger partial charge on any atom is 0.142 e. The van der Waals surface area contributed by atoms with E-state index < -0.39 is 15.7 Å². The van der Waals surface area contributed by atoms with E-state index in [1.807, 2.05) is 19.9 Å². The summed E-state index contributed by atoms with van der Waals surface area (Å²) >= 11 is 3.35. The number of hydrogen-bond donors (Lipinski definition) is 1. The topological polar surface area (TPSA) is 56.0 Å². The summed E-state index contributed by atoms with van der Waals surface area (Å²) < 4.78 is 24.9. The molecule has 0 bridgehead atoms. The van der Waals surface area contributed by atoms with Gasteiger partial charge < -0.3 is 0 Å². The molecule has 3 nitrogen and oxygen atoms in total. The lowest BCUT2D eigenvalue weighted by Crippen LogP contribution is -2.34. The third-order valence-corrected chi connectivity index (χ3v) is 5.12. The predicted octanol–water partition coefficient (Wildman–Crippen LogP) is 3.82. The van der Waals surface area contributed by atoms with Crippen molar-refractivity contribution in [2.75, 3.05) is 0 Å². The van der Waals surface area contributed by atoms with E-state index in [1.165, 1.54) is 12.3 Å². The molecule has 1 rings (SSSR count). The Labute approximate surface area is 130 Å². The zero-order chi connectivity index (χ0) is 15.3. The van der Waals surface area contributed by atoms with Gasteiger partial charge in [0.15, 0.2) is 0 Å². The van der Waals surface area contributed by atoms with Crippen molar-refractivity contribution in [3.8, 4) is 0 Å². The minimum Gasteiger partial charge on any atom is -0.257 e. The molecule has 112 valence electrons. The molecule has 1 unspecified atom stereocenters. The fourth-order valence-electron chi connectivity index (χ4n) is 2.06. The van der Waals surface area contributed by atoms with Crippen molar-refractivity contribution < 1.29 is 8.60 Å². The highest BCUT2D eigenvalue weighted by Gasteiger charge is 2.30. The van der Waals surface area contributed by atoms with Crippen molar-refractivity contribution >= 4 is 26.9 Å². The van der Waals surface area contributed by atoms with E-state index in [0.29, 0.717) is 10.9 Å². The third-order valence-electron chi connectivity index (χ3n) is 3.22. The Morgan fingerprint density at radius 3 is 2.80 bits per heavy atom. The van der Waals surface area contributed by atoms with Gasteiger partial charge in [-0.3, -0.25) is 10.1 Å². The number of nitrogens with two attached hydrogens (primary N) is 1. The molecule has 1 aromatic heterocycles. The summed E-state index contributed by atoms with van der Waals surface area (Å²) in [6.45, 7) is 7.44. The molecule has 0 aliphatic rings. The number of halogens is 2. The van der Waals surface area contributed by atoms with Crippen LogP contribution in [-0.2, 0) is 11.0 Å². The lowest BCUT2D eigenvalue weighted by atomic mass is 9.89. The third kappa shape index (κ3) is 4.75. The van der Waals surface area contributed by atoms with Gasteiger partial charge in [0.05, 0.1) is 27.6 Å². The zero-order valence-electron chi connectivity index (χ0n) is 11.7. The van der Waals surface area contributed by atoms with Crippen LogP contribution in [0.2, 0.25) is 0 Å². The minimum atomic E-state index is -1.43. The van der Waals surface area contributed by atoms with Gasteiger partial charge in [0.1, 0.15) is 5.82 Å². The van der Waals surface area contributed by atoms with Crippen molar-refractivity contribution in [1.82, 2.24) is 4.98 Å². The molecule has 2 atom stereocenters. The van der Waals surface area contributed by atoms with Gasteiger partial charge in [0.25, 0.3) is 0 Å². The fraction of sp³-hybridized carbons (Fsp3) is 0.500. The molecule has 6 heteroatoms. The summed E-state index contributed by atoms with van der Waals surface area (Å²) in [5.41, 5.74) is 0.770. The second kappa shape index (κ2) is 7.43. The molecule has 1 aromatic rings. The van der Waals surface area contributed by atoms with Gasteiger partial charge in [-0.25, -0.2) is 8.60 Å².